The third kappa shape index (κ3) is 4.19. The van der Waals surface area contributed by atoms with Gasteiger partial charge in [0.25, 0.3) is 0 Å². The summed E-state index contributed by atoms with van der Waals surface area (Å²) in [6.07, 6.45) is 12.2. The van der Waals surface area contributed by atoms with Crippen molar-refractivity contribution in [2.24, 2.45) is 0 Å². The largest absolute Gasteiger partial charge is 0.338 e. The van der Waals surface area contributed by atoms with Gasteiger partial charge in [-0.15, -0.1) is 0 Å². The number of allylic oxidation sites excluding steroid dienone is 6. The van der Waals surface area contributed by atoms with E-state index in [1.54, 1.807) is 0 Å². The maximum Gasteiger partial charge on any atom is 0.214 e. The molecule has 0 atom stereocenters. The molecule has 41 heavy (non-hydrogen) atoms. The maximum atomic E-state index is 7.15. The summed E-state index contributed by atoms with van der Waals surface area (Å²) in [6, 6.07) is 27.2. The quantitative estimate of drug-likeness (QED) is 0.191. The Kier molecular flexibility index (Phi) is 6.47. The lowest BCUT2D eigenvalue weighted by molar-refractivity contribution is -0.470. The maximum absolute atomic E-state index is 7.15. The molecule has 0 N–H and O–H groups in total. The minimum absolute atomic E-state index is 0.356. The number of rotatable bonds is 5. The lowest BCUT2D eigenvalue weighted by Gasteiger charge is -2.16. The molecule has 1 aliphatic heterocycles. The summed E-state index contributed by atoms with van der Waals surface area (Å²) in [6.45, 7) is 9.06. The molecular formula is C38H36ClN2+. The van der Waals surface area contributed by atoms with Crippen molar-refractivity contribution in [2.75, 3.05) is 0 Å². The van der Waals surface area contributed by atoms with Crippen LogP contribution in [-0.2, 0) is 0 Å². The second kappa shape index (κ2) is 10.2. The van der Waals surface area contributed by atoms with E-state index in [2.05, 4.69) is 134 Å². The summed E-state index contributed by atoms with van der Waals surface area (Å²) >= 11 is 7.15. The second-order valence-corrected chi connectivity index (χ2v) is 12.3. The predicted octanol–water partition coefficient (Wildman–Crippen LogP) is 9.74. The van der Waals surface area contributed by atoms with Gasteiger partial charge < -0.3 is 4.57 Å². The van der Waals surface area contributed by atoms with Gasteiger partial charge in [0.05, 0.1) is 10.9 Å². The Balaban J connectivity index is 1.32. The normalized spacial score (nSPS) is 17.4. The summed E-state index contributed by atoms with van der Waals surface area (Å²) in [5.41, 5.74) is 7.60. The first-order chi connectivity index (χ1) is 19.9. The van der Waals surface area contributed by atoms with E-state index in [1.807, 2.05) is 0 Å². The first-order valence-electron chi connectivity index (χ1n) is 14.9. The van der Waals surface area contributed by atoms with E-state index in [9.17, 15) is 0 Å². The first kappa shape index (κ1) is 26.0. The number of benzene rings is 4. The Morgan fingerprint density at radius 1 is 0.780 bits per heavy atom. The molecule has 0 radical (unpaired) electrons. The fourth-order valence-corrected chi connectivity index (χ4v) is 7.32. The van der Waals surface area contributed by atoms with Crippen molar-refractivity contribution in [2.45, 2.75) is 59.0 Å². The van der Waals surface area contributed by atoms with Gasteiger partial charge in [-0.1, -0.05) is 78.4 Å². The summed E-state index contributed by atoms with van der Waals surface area (Å²) < 4.78 is 4.93. The summed E-state index contributed by atoms with van der Waals surface area (Å²) in [7, 11) is 0. The average Bonchev–Trinajstić information content (AvgIpc) is 3.47. The van der Waals surface area contributed by atoms with Crippen molar-refractivity contribution in [3.8, 4) is 0 Å². The fraction of sp³-hybridized carbons (Fsp3) is 0.237. The standard InChI is InChI=1S/C38H36ClN2/c1-24(2)40-32(30-16-6-10-26-12-8-18-34(40)36(26)30)22-20-28-14-5-15-29(38(28)39)21-23-33-31-17-7-11-27-13-9-19-35(37(27)31)41(33)25(3)4/h6-13,16-25H,5,14-15H2,1-4H3/q+1. The fourth-order valence-electron chi connectivity index (χ4n) is 7.01. The van der Waals surface area contributed by atoms with Gasteiger partial charge in [-0.25, -0.2) is 0 Å². The van der Waals surface area contributed by atoms with Crippen LogP contribution in [0.15, 0.2) is 107 Å². The van der Waals surface area contributed by atoms with E-state index < -0.39 is 0 Å². The molecule has 2 aliphatic rings. The Hall–Kier alpha value is -3.88. The third-order valence-corrected chi connectivity index (χ3v) is 9.21. The van der Waals surface area contributed by atoms with Crippen LogP contribution in [0.25, 0.3) is 38.5 Å². The van der Waals surface area contributed by atoms with Crippen LogP contribution in [0.2, 0.25) is 0 Å². The number of hydrogen-bond donors (Lipinski definition) is 0. The van der Waals surface area contributed by atoms with Crippen LogP contribution < -0.4 is 5.35 Å². The molecule has 2 heterocycles. The van der Waals surface area contributed by atoms with Gasteiger partial charge in [0, 0.05) is 44.9 Å². The molecule has 0 unspecified atom stereocenters. The highest BCUT2D eigenvalue weighted by Gasteiger charge is 2.32. The van der Waals surface area contributed by atoms with Crippen molar-refractivity contribution < 1.29 is 4.58 Å². The molecule has 0 saturated heterocycles. The zero-order chi connectivity index (χ0) is 28.2. The Bertz CT molecular complexity index is 2020. The first-order valence-corrected chi connectivity index (χ1v) is 15.3. The SMILES string of the molecule is CC(C)n1/c(=C/C=C2\CCCC(/C=C/C3=[N+](C(C)C)c4cccc5cccc3c45)=C2Cl)c2cccc3cccc1c32. The zero-order valence-electron chi connectivity index (χ0n) is 24.3. The Labute approximate surface area is 247 Å². The molecule has 0 spiro atoms. The van der Waals surface area contributed by atoms with Gasteiger partial charge in [-0.3, -0.25) is 0 Å². The molecular weight excluding hydrogens is 520 g/mol. The van der Waals surface area contributed by atoms with Crippen molar-refractivity contribution in [1.29, 1.82) is 0 Å². The van der Waals surface area contributed by atoms with E-state index in [-0.39, 0.29) is 0 Å². The van der Waals surface area contributed by atoms with Crippen molar-refractivity contribution >= 4 is 61.5 Å². The van der Waals surface area contributed by atoms with Gasteiger partial charge in [-0.2, -0.15) is 4.58 Å². The van der Waals surface area contributed by atoms with Crippen LogP contribution in [0.5, 0.6) is 0 Å². The summed E-state index contributed by atoms with van der Waals surface area (Å²) in [5, 5.41) is 8.75. The van der Waals surface area contributed by atoms with E-state index >= 15 is 0 Å². The Morgan fingerprint density at radius 3 is 2.24 bits per heavy atom. The smallest absolute Gasteiger partial charge is 0.214 e. The highest BCUT2D eigenvalue weighted by Crippen LogP contribution is 2.38. The monoisotopic (exact) mass is 555 g/mol. The second-order valence-electron chi connectivity index (χ2n) is 11.9. The third-order valence-electron chi connectivity index (χ3n) is 8.73. The molecule has 0 saturated carbocycles. The van der Waals surface area contributed by atoms with Gasteiger partial charge in [0.1, 0.15) is 0 Å². The van der Waals surface area contributed by atoms with Crippen LogP contribution in [0.1, 0.15) is 58.6 Å². The van der Waals surface area contributed by atoms with E-state index in [0.717, 1.165) is 24.3 Å². The molecule has 2 nitrogen and oxygen atoms in total. The van der Waals surface area contributed by atoms with Crippen LogP contribution in [0, 0.1) is 0 Å². The van der Waals surface area contributed by atoms with E-state index in [1.165, 1.54) is 65.9 Å². The minimum Gasteiger partial charge on any atom is -0.338 e. The average molecular weight is 556 g/mol. The van der Waals surface area contributed by atoms with Gasteiger partial charge >= 0.3 is 0 Å². The predicted molar refractivity (Wildman–Crippen MR) is 177 cm³/mol. The highest BCUT2D eigenvalue weighted by atomic mass is 35.5. The molecule has 0 amide bonds. The van der Waals surface area contributed by atoms with Crippen molar-refractivity contribution in [1.82, 2.24) is 4.57 Å². The molecule has 0 bridgehead atoms. The number of halogens is 1. The van der Waals surface area contributed by atoms with Crippen LogP contribution in [0.3, 0.4) is 0 Å². The minimum atomic E-state index is 0.356. The lowest BCUT2D eigenvalue weighted by atomic mass is 9.93. The van der Waals surface area contributed by atoms with E-state index in [4.69, 9.17) is 11.6 Å². The zero-order valence-corrected chi connectivity index (χ0v) is 25.0. The molecule has 1 aliphatic carbocycles. The molecule has 5 aromatic rings. The molecule has 204 valence electrons. The van der Waals surface area contributed by atoms with Crippen LogP contribution in [0.4, 0.5) is 5.69 Å². The molecule has 4 aromatic carbocycles. The molecule has 7 rings (SSSR count). The highest BCUT2D eigenvalue weighted by molar-refractivity contribution is 6.32. The molecule has 0 fully saturated rings. The number of aromatic nitrogens is 1. The van der Waals surface area contributed by atoms with Crippen LogP contribution in [-0.4, -0.2) is 20.9 Å². The topological polar surface area (TPSA) is 7.94 Å². The number of hydrogen-bond acceptors (Lipinski definition) is 0. The lowest BCUT2D eigenvalue weighted by Crippen LogP contribution is -2.19. The van der Waals surface area contributed by atoms with Crippen molar-refractivity contribution in [3.63, 3.8) is 0 Å². The number of nitrogens with zero attached hydrogens (tertiary/aromatic N) is 2. The van der Waals surface area contributed by atoms with Gasteiger partial charge in [0.15, 0.2) is 6.04 Å². The van der Waals surface area contributed by atoms with Gasteiger partial charge in [-0.05, 0) is 87.1 Å². The van der Waals surface area contributed by atoms with Crippen molar-refractivity contribution in [3.05, 3.63) is 118 Å². The summed E-state index contributed by atoms with van der Waals surface area (Å²) in [4.78, 5) is 0. The Morgan fingerprint density at radius 2 is 1.49 bits per heavy atom. The molecule has 1 aromatic heterocycles. The van der Waals surface area contributed by atoms with Gasteiger partial charge in [0.2, 0.25) is 11.4 Å². The molecule has 3 heteroatoms. The summed E-state index contributed by atoms with van der Waals surface area (Å²) in [5.74, 6) is 0. The van der Waals surface area contributed by atoms with E-state index in [0.29, 0.717) is 12.1 Å². The van der Waals surface area contributed by atoms with Crippen LogP contribution >= 0.6 is 11.6 Å².